The van der Waals surface area contributed by atoms with E-state index in [0.29, 0.717) is 26.9 Å². The van der Waals surface area contributed by atoms with E-state index in [0.717, 1.165) is 4.90 Å². The van der Waals surface area contributed by atoms with Crippen LogP contribution in [0, 0.1) is 0 Å². The molecule has 3 rings (SSSR count). The molecule has 1 aliphatic heterocycles. The van der Waals surface area contributed by atoms with E-state index >= 15 is 0 Å². The Labute approximate surface area is 175 Å². The number of esters is 1. The number of hydrogen-bond donors (Lipinski definition) is 1. The molecule has 0 spiro atoms. The van der Waals surface area contributed by atoms with Gasteiger partial charge in [-0.1, -0.05) is 46.9 Å². The smallest absolute Gasteiger partial charge is 0.337 e. The molecular weight excluding hydrogens is 427 g/mol. The second kappa shape index (κ2) is 8.22. The molecule has 0 radical (unpaired) electrons. The van der Waals surface area contributed by atoms with Crippen LogP contribution in [-0.2, 0) is 20.9 Å². The number of rotatable bonds is 5. The summed E-state index contributed by atoms with van der Waals surface area (Å²) < 4.78 is 4.64. The Morgan fingerprint density at radius 1 is 1.00 bits per heavy atom. The van der Waals surface area contributed by atoms with Crippen molar-refractivity contribution in [3.8, 4) is 0 Å². The molecule has 0 aromatic heterocycles. The van der Waals surface area contributed by atoms with Crippen LogP contribution in [0.1, 0.15) is 15.9 Å². The molecule has 6 nitrogen and oxygen atoms in total. The first-order valence-corrected chi connectivity index (χ1v) is 9.10. The Hall–Kier alpha value is -2.54. The third-order valence-electron chi connectivity index (χ3n) is 3.96. The first-order valence-electron chi connectivity index (χ1n) is 7.96. The molecule has 0 saturated carbocycles. The lowest BCUT2D eigenvalue weighted by atomic mass is 10.1. The van der Waals surface area contributed by atoms with Gasteiger partial charge in [-0.3, -0.25) is 14.5 Å². The van der Waals surface area contributed by atoms with Gasteiger partial charge in [0.05, 0.1) is 19.2 Å². The molecule has 2 aromatic carbocycles. The Morgan fingerprint density at radius 3 is 2.18 bits per heavy atom. The lowest BCUT2D eigenvalue weighted by Gasteiger charge is -2.15. The molecule has 0 unspecified atom stereocenters. The number of ether oxygens (including phenoxy) is 1. The van der Waals surface area contributed by atoms with Gasteiger partial charge in [-0.15, -0.1) is 0 Å². The van der Waals surface area contributed by atoms with Crippen LogP contribution in [-0.4, -0.2) is 29.8 Å². The average molecular weight is 440 g/mol. The number of halogens is 3. The Balaban J connectivity index is 1.77. The highest BCUT2D eigenvalue weighted by molar-refractivity contribution is 6.48. The molecule has 0 atom stereocenters. The molecule has 2 amide bonds. The fourth-order valence-corrected chi connectivity index (χ4v) is 3.37. The Kier molecular flexibility index (Phi) is 5.93. The maximum atomic E-state index is 12.7. The van der Waals surface area contributed by atoms with Gasteiger partial charge in [0.25, 0.3) is 11.8 Å². The van der Waals surface area contributed by atoms with E-state index in [1.165, 1.54) is 13.2 Å². The van der Waals surface area contributed by atoms with Crippen LogP contribution in [0.25, 0.3) is 0 Å². The van der Waals surface area contributed by atoms with Gasteiger partial charge in [-0.2, -0.15) is 0 Å². The van der Waals surface area contributed by atoms with Crippen molar-refractivity contribution in [3.05, 3.63) is 74.4 Å². The molecule has 0 saturated heterocycles. The van der Waals surface area contributed by atoms with Gasteiger partial charge in [0.1, 0.15) is 10.7 Å². The van der Waals surface area contributed by atoms with Crippen LogP contribution < -0.4 is 5.32 Å². The summed E-state index contributed by atoms with van der Waals surface area (Å²) in [5, 5.41) is 3.31. The van der Waals surface area contributed by atoms with E-state index in [9.17, 15) is 14.4 Å². The third-order valence-corrected chi connectivity index (χ3v) is 4.75. The summed E-state index contributed by atoms with van der Waals surface area (Å²) in [6.45, 7) is -0.00315. The molecule has 0 fully saturated rings. The number of nitrogens with one attached hydrogen (secondary N) is 1. The van der Waals surface area contributed by atoms with Gasteiger partial charge < -0.3 is 10.1 Å². The van der Waals surface area contributed by atoms with Crippen LogP contribution in [0.2, 0.25) is 10.0 Å². The molecular formula is C19H13Cl3N2O4. The summed E-state index contributed by atoms with van der Waals surface area (Å²) in [5.74, 6) is -1.68. The summed E-state index contributed by atoms with van der Waals surface area (Å²) in [6, 6.07) is 11.0. The predicted octanol–water partition coefficient (Wildman–Crippen LogP) is 4.21. The van der Waals surface area contributed by atoms with E-state index in [-0.39, 0.29) is 17.3 Å². The van der Waals surface area contributed by atoms with Gasteiger partial charge in [-0.25, -0.2) is 4.79 Å². The predicted molar refractivity (Wildman–Crippen MR) is 106 cm³/mol. The van der Waals surface area contributed by atoms with E-state index in [1.807, 2.05) is 0 Å². The second-order valence-electron chi connectivity index (χ2n) is 5.86. The molecule has 144 valence electrons. The Bertz CT molecular complexity index is 982. The van der Waals surface area contributed by atoms with Crippen LogP contribution >= 0.6 is 34.8 Å². The molecule has 0 aliphatic carbocycles. The first kappa shape index (κ1) is 20.2. The van der Waals surface area contributed by atoms with Crippen molar-refractivity contribution in [3.63, 3.8) is 0 Å². The minimum absolute atomic E-state index is 0.00315. The van der Waals surface area contributed by atoms with Crippen molar-refractivity contribution in [1.29, 1.82) is 0 Å². The van der Waals surface area contributed by atoms with Crippen molar-refractivity contribution >= 4 is 58.3 Å². The standard InChI is InChI=1S/C19H13Cl3N2O4/c1-28-19(27)11-4-2-10(3-5-11)9-24-17(25)15(22)16(18(24)26)23-14-7-12(20)6-13(21)8-14/h2-8,23H,9H2,1H3. The van der Waals surface area contributed by atoms with Crippen LogP contribution in [0.3, 0.4) is 0 Å². The molecule has 1 aliphatic rings. The molecule has 9 heteroatoms. The van der Waals surface area contributed by atoms with Gasteiger partial charge in [-0.05, 0) is 35.9 Å². The highest BCUT2D eigenvalue weighted by Gasteiger charge is 2.37. The third kappa shape index (κ3) is 4.14. The number of imide groups is 1. The minimum Gasteiger partial charge on any atom is -0.465 e. The fraction of sp³-hybridized carbons (Fsp3) is 0.105. The molecule has 28 heavy (non-hydrogen) atoms. The monoisotopic (exact) mass is 438 g/mol. The van der Waals surface area contributed by atoms with E-state index < -0.39 is 17.8 Å². The lowest BCUT2D eigenvalue weighted by molar-refractivity contribution is -0.138. The quantitative estimate of drug-likeness (QED) is 0.558. The number of anilines is 1. The number of benzene rings is 2. The van der Waals surface area contributed by atoms with Crippen molar-refractivity contribution in [2.24, 2.45) is 0 Å². The second-order valence-corrected chi connectivity index (χ2v) is 7.11. The fourth-order valence-electron chi connectivity index (χ4n) is 2.62. The van der Waals surface area contributed by atoms with Crippen LogP contribution in [0.5, 0.6) is 0 Å². The summed E-state index contributed by atoms with van der Waals surface area (Å²) in [7, 11) is 1.28. The lowest BCUT2D eigenvalue weighted by Crippen LogP contribution is -2.31. The van der Waals surface area contributed by atoms with Crippen molar-refractivity contribution in [2.75, 3.05) is 12.4 Å². The largest absolute Gasteiger partial charge is 0.465 e. The number of methoxy groups -OCH3 is 1. The van der Waals surface area contributed by atoms with Gasteiger partial charge >= 0.3 is 5.97 Å². The van der Waals surface area contributed by atoms with Gasteiger partial charge in [0, 0.05) is 15.7 Å². The number of carbonyl (C=O) groups excluding carboxylic acids is 3. The summed E-state index contributed by atoms with van der Waals surface area (Å²) in [4.78, 5) is 37.6. The van der Waals surface area contributed by atoms with E-state index in [2.05, 4.69) is 10.1 Å². The first-order chi connectivity index (χ1) is 13.3. The number of hydrogen-bond acceptors (Lipinski definition) is 5. The maximum absolute atomic E-state index is 12.7. The SMILES string of the molecule is COC(=O)c1ccc(CN2C(=O)C(Cl)=C(Nc3cc(Cl)cc(Cl)c3)C2=O)cc1. The van der Waals surface area contributed by atoms with Crippen molar-refractivity contribution < 1.29 is 19.1 Å². The number of nitrogens with zero attached hydrogens (tertiary/aromatic N) is 1. The minimum atomic E-state index is -0.626. The van der Waals surface area contributed by atoms with Crippen LogP contribution in [0.15, 0.2) is 53.2 Å². The Morgan fingerprint density at radius 2 is 1.61 bits per heavy atom. The zero-order valence-corrected chi connectivity index (χ0v) is 16.7. The maximum Gasteiger partial charge on any atom is 0.337 e. The summed E-state index contributed by atoms with van der Waals surface area (Å²) >= 11 is 18.0. The number of amides is 2. The highest BCUT2D eigenvalue weighted by Crippen LogP contribution is 2.29. The number of carbonyl (C=O) groups is 3. The van der Waals surface area contributed by atoms with Crippen LogP contribution in [0.4, 0.5) is 5.69 Å². The summed E-state index contributed by atoms with van der Waals surface area (Å²) in [6.07, 6.45) is 0. The van der Waals surface area contributed by atoms with Gasteiger partial charge in [0.15, 0.2) is 0 Å². The van der Waals surface area contributed by atoms with Crippen molar-refractivity contribution in [1.82, 2.24) is 4.90 Å². The van der Waals surface area contributed by atoms with E-state index in [4.69, 9.17) is 34.8 Å². The normalized spacial score (nSPS) is 13.9. The van der Waals surface area contributed by atoms with Crippen molar-refractivity contribution in [2.45, 2.75) is 6.54 Å². The molecule has 1 N–H and O–H groups in total. The summed E-state index contributed by atoms with van der Waals surface area (Å²) in [5.41, 5.74) is 1.37. The topological polar surface area (TPSA) is 75.7 Å². The zero-order chi connectivity index (χ0) is 20.4. The molecule has 1 heterocycles. The van der Waals surface area contributed by atoms with E-state index in [1.54, 1.807) is 36.4 Å². The zero-order valence-electron chi connectivity index (χ0n) is 14.5. The molecule has 0 bridgehead atoms. The van der Waals surface area contributed by atoms with Gasteiger partial charge in [0.2, 0.25) is 0 Å². The molecule has 2 aromatic rings. The average Bonchev–Trinajstić information content (AvgIpc) is 2.85. The highest BCUT2D eigenvalue weighted by atomic mass is 35.5.